The number of hydrogen-bond acceptors (Lipinski definition) is 2. The monoisotopic (exact) mass is 284 g/mol. The Labute approximate surface area is 113 Å². The van der Waals surface area contributed by atoms with Gasteiger partial charge in [-0.3, -0.25) is 0 Å². The van der Waals surface area contributed by atoms with Gasteiger partial charge in [-0.2, -0.15) is 0 Å². The summed E-state index contributed by atoms with van der Waals surface area (Å²) >= 11 is 0.950. The van der Waals surface area contributed by atoms with Gasteiger partial charge in [0.15, 0.2) is 0 Å². The number of halogens is 3. The van der Waals surface area contributed by atoms with Gasteiger partial charge in [0.1, 0.15) is 17.5 Å². The normalized spacial score (nSPS) is 12.5. The molecule has 2 rings (SSSR count). The molecule has 1 atom stereocenters. The molecule has 0 aliphatic carbocycles. The van der Waals surface area contributed by atoms with Crippen molar-refractivity contribution in [1.29, 1.82) is 0 Å². The van der Waals surface area contributed by atoms with Crippen LogP contribution in [0, 0.1) is 17.5 Å². The van der Waals surface area contributed by atoms with Crippen molar-refractivity contribution in [1.82, 2.24) is 0 Å². The van der Waals surface area contributed by atoms with Crippen LogP contribution < -0.4 is 0 Å². The molecule has 0 aliphatic heterocycles. The predicted octanol–water partition coefficient (Wildman–Crippen LogP) is 4.31. The molecule has 1 nitrogen and oxygen atoms in total. The molecule has 0 radical (unpaired) electrons. The Bertz CT molecular complexity index is 599. The average molecular weight is 284 g/mol. The zero-order valence-electron chi connectivity index (χ0n) is 10.0. The first-order chi connectivity index (χ1) is 8.97. The second-order valence-electron chi connectivity index (χ2n) is 4.03. The van der Waals surface area contributed by atoms with Gasteiger partial charge < -0.3 is 5.11 Å². The van der Waals surface area contributed by atoms with Gasteiger partial charge in [0, 0.05) is 4.90 Å². The van der Waals surface area contributed by atoms with Crippen molar-refractivity contribution in [2.45, 2.75) is 22.8 Å². The molecule has 19 heavy (non-hydrogen) atoms. The van der Waals surface area contributed by atoms with Gasteiger partial charge in [-0.25, -0.2) is 13.2 Å². The van der Waals surface area contributed by atoms with E-state index >= 15 is 0 Å². The van der Waals surface area contributed by atoms with E-state index in [1.165, 1.54) is 25.1 Å². The van der Waals surface area contributed by atoms with Crippen LogP contribution in [-0.2, 0) is 0 Å². The molecule has 2 aromatic carbocycles. The Balaban J connectivity index is 2.40. The van der Waals surface area contributed by atoms with E-state index in [2.05, 4.69) is 0 Å². The van der Waals surface area contributed by atoms with Gasteiger partial charge >= 0.3 is 0 Å². The third-order valence-corrected chi connectivity index (χ3v) is 3.66. The van der Waals surface area contributed by atoms with E-state index in [1.807, 2.05) is 0 Å². The maximum absolute atomic E-state index is 13.5. The fraction of sp³-hybridized carbons (Fsp3) is 0.143. The summed E-state index contributed by atoms with van der Waals surface area (Å²) < 4.78 is 39.8. The molecule has 0 bridgehead atoms. The standard InChI is InChI=1S/C14H11F3OS/c1-8(18)11-6-9(15)3-5-13(11)19-14-7-10(16)2-4-12(14)17/h2-8,18H,1H3/t8-/m0/s1. The van der Waals surface area contributed by atoms with Crippen LogP contribution in [0.25, 0.3) is 0 Å². The highest BCUT2D eigenvalue weighted by molar-refractivity contribution is 7.99. The first-order valence-corrected chi connectivity index (χ1v) is 6.39. The van der Waals surface area contributed by atoms with E-state index in [0.717, 1.165) is 30.0 Å². The van der Waals surface area contributed by atoms with Crippen molar-refractivity contribution in [2.24, 2.45) is 0 Å². The molecule has 1 N–H and O–H groups in total. The van der Waals surface area contributed by atoms with Crippen molar-refractivity contribution >= 4 is 11.8 Å². The lowest BCUT2D eigenvalue weighted by Crippen LogP contribution is -1.96. The number of aliphatic hydroxyl groups excluding tert-OH is 1. The minimum atomic E-state index is -0.894. The molecule has 0 fully saturated rings. The fourth-order valence-corrected chi connectivity index (χ4v) is 2.67. The van der Waals surface area contributed by atoms with Gasteiger partial charge in [-0.1, -0.05) is 11.8 Å². The highest BCUT2D eigenvalue weighted by Crippen LogP contribution is 2.35. The Morgan fingerprint density at radius 3 is 2.26 bits per heavy atom. The average Bonchev–Trinajstić information content (AvgIpc) is 2.35. The molecular formula is C14H11F3OS. The summed E-state index contributed by atoms with van der Waals surface area (Å²) in [7, 11) is 0. The number of aliphatic hydroxyl groups is 1. The molecule has 0 aromatic heterocycles. The maximum atomic E-state index is 13.5. The lowest BCUT2D eigenvalue weighted by molar-refractivity contribution is 0.196. The summed E-state index contributed by atoms with van der Waals surface area (Å²) in [5.41, 5.74) is 0.341. The summed E-state index contributed by atoms with van der Waals surface area (Å²) in [5.74, 6) is -1.60. The summed E-state index contributed by atoms with van der Waals surface area (Å²) in [5, 5.41) is 9.58. The highest BCUT2D eigenvalue weighted by atomic mass is 32.2. The molecule has 100 valence electrons. The van der Waals surface area contributed by atoms with Crippen molar-refractivity contribution in [3.63, 3.8) is 0 Å². The molecule has 0 saturated heterocycles. The third kappa shape index (κ3) is 3.30. The molecular weight excluding hydrogens is 273 g/mol. The van der Waals surface area contributed by atoms with E-state index in [4.69, 9.17) is 0 Å². The van der Waals surface area contributed by atoms with E-state index in [9.17, 15) is 18.3 Å². The Morgan fingerprint density at radius 1 is 0.947 bits per heavy atom. The number of hydrogen-bond donors (Lipinski definition) is 1. The summed E-state index contributed by atoms with van der Waals surface area (Å²) in [6, 6.07) is 6.96. The highest BCUT2D eigenvalue weighted by Gasteiger charge is 2.13. The van der Waals surface area contributed by atoms with Crippen molar-refractivity contribution in [2.75, 3.05) is 0 Å². The van der Waals surface area contributed by atoms with Crippen LogP contribution >= 0.6 is 11.8 Å². The predicted molar refractivity (Wildman–Crippen MR) is 67.5 cm³/mol. The van der Waals surface area contributed by atoms with Gasteiger partial charge in [0.25, 0.3) is 0 Å². The molecule has 0 unspecified atom stereocenters. The SMILES string of the molecule is C[C@H](O)c1cc(F)ccc1Sc1cc(F)ccc1F. The summed E-state index contributed by atoms with van der Waals surface area (Å²) in [4.78, 5) is 0.578. The van der Waals surface area contributed by atoms with Gasteiger partial charge in [-0.05, 0) is 48.9 Å². The molecule has 0 saturated carbocycles. The van der Waals surface area contributed by atoms with Crippen LogP contribution in [0.15, 0.2) is 46.2 Å². The van der Waals surface area contributed by atoms with E-state index in [1.54, 1.807) is 0 Å². The lowest BCUT2D eigenvalue weighted by atomic mass is 10.1. The van der Waals surface area contributed by atoms with E-state index in [0.29, 0.717) is 10.5 Å². The summed E-state index contributed by atoms with van der Waals surface area (Å²) in [6.07, 6.45) is -0.894. The Hall–Kier alpha value is -1.46. The van der Waals surface area contributed by atoms with E-state index < -0.39 is 23.6 Å². The molecule has 0 heterocycles. The zero-order chi connectivity index (χ0) is 14.0. The smallest absolute Gasteiger partial charge is 0.137 e. The van der Waals surface area contributed by atoms with Crippen LogP contribution in [0.2, 0.25) is 0 Å². The zero-order valence-corrected chi connectivity index (χ0v) is 10.8. The second kappa shape index (κ2) is 5.67. The van der Waals surface area contributed by atoms with Crippen molar-refractivity contribution < 1.29 is 18.3 Å². The van der Waals surface area contributed by atoms with Crippen molar-refractivity contribution in [3.05, 3.63) is 59.4 Å². The van der Waals surface area contributed by atoms with Gasteiger partial charge in [0.2, 0.25) is 0 Å². The van der Waals surface area contributed by atoms with Crippen LogP contribution in [0.3, 0.4) is 0 Å². The second-order valence-corrected chi connectivity index (χ2v) is 5.12. The van der Waals surface area contributed by atoms with Crippen LogP contribution in [0.5, 0.6) is 0 Å². The fourth-order valence-electron chi connectivity index (χ4n) is 1.61. The first kappa shape index (κ1) is 14.0. The minimum absolute atomic E-state index is 0.0912. The van der Waals surface area contributed by atoms with Crippen LogP contribution in [0.4, 0.5) is 13.2 Å². The van der Waals surface area contributed by atoms with Crippen LogP contribution in [-0.4, -0.2) is 5.11 Å². The Morgan fingerprint density at radius 2 is 1.58 bits per heavy atom. The largest absolute Gasteiger partial charge is 0.389 e. The van der Waals surface area contributed by atoms with Gasteiger partial charge in [-0.15, -0.1) is 0 Å². The molecule has 2 aromatic rings. The maximum Gasteiger partial charge on any atom is 0.137 e. The lowest BCUT2D eigenvalue weighted by Gasteiger charge is -2.12. The van der Waals surface area contributed by atoms with E-state index in [-0.39, 0.29) is 4.90 Å². The Kier molecular flexibility index (Phi) is 4.17. The van der Waals surface area contributed by atoms with Gasteiger partial charge in [0.05, 0.1) is 11.0 Å². The molecule has 0 amide bonds. The first-order valence-electron chi connectivity index (χ1n) is 5.58. The topological polar surface area (TPSA) is 20.2 Å². The third-order valence-electron chi connectivity index (χ3n) is 2.54. The van der Waals surface area contributed by atoms with Crippen molar-refractivity contribution in [3.8, 4) is 0 Å². The summed E-state index contributed by atoms with van der Waals surface area (Å²) in [6.45, 7) is 1.49. The molecule has 0 aliphatic rings. The molecule has 5 heteroatoms. The molecule has 0 spiro atoms. The minimum Gasteiger partial charge on any atom is -0.389 e. The number of rotatable bonds is 3. The quantitative estimate of drug-likeness (QED) is 0.906. The number of benzene rings is 2. The van der Waals surface area contributed by atoms with Crippen LogP contribution in [0.1, 0.15) is 18.6 Å².